The average molecular weight is 555 g/mol. The lowest BCUT2D eigenvalue weighted by Crippen LogP contribution is -2.50. The molecule has 1 aliphatic heterocycles. The molecule has 2 heterocycles. The van der Waals surface area contributed by atoms with Gasteiger partial charge < -0.3 is 21.1 Å². The summed E-state index contributed by atoms with van der Waals surface area (Å²) in [4.78, 5) is 26.3. The molecule has 8 heteroatoms. The normalized spacial score (nSPS) is 15.8. The van der Waals surface area contributed by atoms with Crippen LogP contribution in [-0.2, 0) is 4.74 Å². The number of aromatic nitrogens is 1. The van der Waals surface area contributed by atoms with Crippen molar-refractivity contribution in [1.82, 2.24) is 14.8 Å². The van der Waals surface area contributed by atoms with Crippen LogP contribution in [0.25, 0.3) is 5.57 Å². The van der Waals surface area contributed by atoms with E-state index in [1.165, 1.54) is 6.20 Å². The van der Waals surface area contributed by atoms with Crippen molar-refractivity contribution in [3.63, 3.8) is 0 Å². The summed E-state index contributed by atoms with van der Waals surface area (Å²) in [6, 6.07) is 13.4. The van der Waals surface area contributed by atoms with Crippen LogP contribution in [0.2, 0.25) is 0 Å². The first kappa shape index (κ1) is 31.1. The molecule has 1 aromatic heterocycles. The Morgan fingerprint density at radius 2 is 1.68 bits per heavy atom. The molecule has 3 rings (SSSR count). The number of nitrogens with zero attached hydrogens (tertiary/aromatic N) is 4. The van der Waals surface area contributed by atoms with Gasteiger partial charge in [0.05, 0.1) is 11.8 Å². The van der Waals surface area contributed by atoms with Crippen LogP contribution in [0.3, 0.4) is 0 Å². The van der Waals surface area contributed by atoms with Gasteiger partial charge in [0.2, 0.25) is 0 Å². The minimum Gasteiger partial charge on any atom is -0.492 e. The van der Waals surface area contributed by atoms with E-state index >= 15 is 0 Å². The number of nitrogens with two attached hydrogens (primary N) is 2. The molecule has 8 nitrogen and oxygen atoms in total. The standard InChI is InChI=1S/C33H42N6O2/c1-7-26(27-11-13-28(14-12-27)33(40)39-18-16-38(17-19-39)23(2)3)21-29(22-34)31(20-25(6)41-24(4)5)37-32(35)30-10-8-9-15-36-30/h7-15,20-24H,1,6,16-19,34H2,2-5H3,(H2,35,37)/b26-21+,29-22+,31-20-. The third-order valence-corrected chi connectivity index (χ3v) is 6.66. The number of benzene rings is 1. The molecule has 1 aliphatic rings. The maximum Gasteiger partial charge on any atom is 0.253 e. The first-order chi connectivity index (χ1) is 19.6. The van der Waals surface area contributed by atoms with Gasteiger partial charge >= 0.3 is 0 Å². The van der Waals surface area contributed by atoms with E-state index in [9.17, 15) is 4.79 Å². The van der Waals surface area contributed by atoms with E-state index in [1.54, 1.807) is 24.4 Å². The van der Waals surface area contributed by atoms with Gasteiger partial charge in [-0.05, 0) is 69.2 Å². The van der Waals surface area contributed by atoms with Gasteiger partial charge in [-0.25, -0.2) is 4.99 Å². The second kappa shape index (κ2) is 14.8. The van der Waals surface area contributed by atoms with Gasteiger partial charge in [0.1, 0.15) is 17.3 Å². The van der Waals surface area contributed by atoms with E-state index in [0.717, 1.165) is 37.3 Å². The molecule has 1 aromatic carbocycles. The molecule has 0 atom stereocenters. The zero-order valence-electron chi connectivity index (χ0n) is 24.6. The molecule has 0 radical (unpaired) electrons. The van der Waals surface area contributed by atoms with Crippen molar-refractivity contribution in [2.24, 2.45) is 16.5 Å². The van der Waals surface area contributed by atoms with E-state index in [4.69, 9.17) is 16.2 Å². The van der Waals surface area contributed by atoms with Crippen LogP contribution in [0.15, 0.2) is 108 Å². The summed E-state index contributed by atoms with van der Waals surface area (Å²) in [6.45, 7) is 19.4. The molecule has 1 amide bonds. The predicted octanol–water partition coefficient (Wildman–Crippen LogP) is 4.89. The quantitative estimate of drug-likeness (QED) is 0.177. The van der Waals surface area contributed by atoms with E-state index in [-0.39, 0.29) is 17.8 Å². The summed E-state index contributed by atoms with van der Waals surface area (Å²) in [7, 11) is 0. The molecule has 1 fully saturated rings. The number of hydrogen-bond acceptors (Lipinski definition) is 6. The summed E-state index contributed by atoms with van der Waals surface area (Å²) < 4.78 is 5.74. The van der Waals surface area contributed by atoms with Crippen LogP contribution in [0.1, 0.15) is 49.3 Å². The average Bonchev–Trinajstić information content (AvgIpc) is 2.97. The van der Waals surface area contributed by atoms with Crippen LogP contribution in [0.4, 0.5) is 0 Å². The van der Waals surface area contributed by atoms with Crippen molar-refractivity contribution in [2.45, 2.75) is 39.8 Å². The summed E-state index contributed by atoms with van der Waals surface area (Å²) in [5.41, 5.74) is 16.3. The monoisotopic (exact) mass is 554 g/mol. The highest BCUT2D eigenvalue weighted by Crippen LogP contribution is 2.24. The fourth-order valence-electron chi connectivity index (χ4n) is 4.44. The molecule has 0 spiro atoms. The topological polar surface area (TPSA) is 110 Å². The Kier molecular flexibility index (Phi) is 11.2. The van der Waals surface area contributed by atoms with Crippen LogP contribution >= 0.6 is 0 Å². The number of hydrogen-bond donors (Lipinski definition) is 2. The van der Waals surface area contributed by atoms with Gasteiger partial charge in [0.15, 0.2) is 0 Å². The first-order valence-corrected chi connectivity index (χ1v) is 13.9. The number of amides is 1. The van der Waals surface area contributed by atoms with Crippen molar-refractivity contribution in [1.29, 1.82) is 0 Å². The van der Waals surface area contributed by atoms with E-state index in [2.05, 4.69) is 41.9 Å². The summed E-state index contributed by atoms with van der Waals surface area (Å²) in [5.74, 6) is 0.677. The highest BCUT2D eigenvalue weighted by Gasteiger charge is 2.23. The van der Waals surface area contributed by atoms with Crippen molar-refractivity contribution in [3.8, 4) is 0 Å². The molecular formula is C33H42N6O2. The fraction of sp³-hybridized carbons (Fsp3) is 0.303. The van der Waals surface area contributed by atoms with Crippen LogP contribution in [-0.4, -0.2) is 64.9 Å². The van der Waals surface area contributed by atoms with E-state index < -0.39 is 0 Å². The number of aliphatic imine (C=N–C) groups is 1. The van der Waals surface area contributed by atoms with Crippen LogP contribution in [0, 0.1) is 0 Å². The lowest BCUT2D eigenvalue weighted by atomic mass is 10.00. The number of carbonyl (C=O) groups excluding carboxylic acids is 1. The Hall–Kier alpha value is -4.43. The number of allylic oxidation sites excluding steroid dienone is 4. The highest BCUT2D eigenvalue weighted by molar-refractivity contribution is 5.97. The smallest absolute Gasteiger partial charge is 0.253 e. The number of rotatable bonds is 11. The molecule has 0 bridgehead atoms. The molecular weight excluding hydrogens is 512 g/mol. The SMILES string of the molecule is C=C\C(=C/C(=C\N)C(=C/C(=C)OC(C)C)/N=C(N)c1ccccn1)c1ccc(C(=O)N2CCN(C(C)C)CC2)cc1. The molecule has 2 aromatic rings. The summed E-state index contributed by atoms with van der Waals surface area (Å²) in [5, 5.41) is 0. The van der Waals surface area contributed by atoms with Crippen LogP contribution in [0.5, 0.6) is 0 Å². The molecule has 41 heavy (non-hydrogen) atoms. The highest BCUT2D eigenvalue weighted by atomic mass is 16.5. The zero-order chi connectivity index (χ0) is 29.9. The minimum absolute atomic E-state index is 0.0415. The molecule has 0 unspecified atom stereocenters. The first-order valence-electron chi connectivity index (χ1n) is 13.9. The molecule has 0 aliphatic carbocycles. The maximum atomic E-state index is 13.1. The Balaban J connectivity index is 1.88. The molecule has 216 valence electrons. The van der Waals surface area contributed by atoms with Crippen molar-refractivity contribution in [2.75, 3.05) is 26.2 Å². The Bertz CT molecular complexity index is 1330. The third-order valence-electron chi connectivity index (χ3n) is 6.66. The summed E-state index contributed by atoms with van der Waals surface area (Å²) in [6.07, 6.45) is 8.31. The number of pyridine rings is 1. The Morgan fingerprint density at radius 3 is 2.22 bits per heavy atom. The van der Waals surface area contributed by atoms with Gasteiger partial charge in [0.25, 0.3) is 5.91 Å². The second-order valence-electron chi connectivity index (χ2n) is 10.3. The van der Waals surface area contributed by atoms with E-state index in [0.29, 0.717) is 34.3 Å². The van der Waals surface area contributed by atoms with Crippen molar-refractivity contribution in [3.05, 3.63) is 120 Å². The van der Waals surface area contributed by atoms with Crippen LogP contribution < -0.4 is 11.5 Å². The molecule has 1 saturated heterocycles. The number of ether oxygens (including phenoxy) is 1. The molecule has 4 N–H and O–H groups in total. The number of amidine groups is 1. The van der Waals surface area contributed by atoms with Gasteiger partial charge in [-0.2, -0.15) is 0 Å². The summed E-state index contributed by atoms with van der Waals surface area (Å²) >= 11 is 0. The van der Waals surface area contributed by atoms with Gasteiger partial charge in [0, 0.05) is 61.8 Å². The second-order valence-corrected chi connectivity index (χ2v) is 10.3. The Morgan fingerprint density at radius 1 is 1.02 bits per heavy atom. The third kappa shape index (κ3) is 8.78. The van der Waals surface area contributed by atoms with E-state index in [1.807, 2.05) is 61.2 Å². The van der Waals surface area contributed by atoms with Gasteiger partial charge in [-0.3, -0.25) is 14.7 Å². The Labute approximate surface area is 244 Å². The number of piperazine rings is 1. The predicted molar refractivity (Wildman–Crippen MR) is 168 cm³/mol. The zero-order valence-corrected chi connectivity index (χ0v) is 24.6. The fourth-order valence-corrected chi connectivity index (χ4v) is 4.44. The lowest BCUT2D eigenvalue weighted by molar-refractivity contribution is 0.0595. The van der Waals surface area contributed by atoms with Gasteiger partial charge in [-0.1, -0.05) is 37.4 Å². The largest absolute Gasteiger partial charge is 0.492 e. The van der Waals surface area contributed by atoms with Gasteiger partial charge in [-0.15, -0.1) is 0 Å². The number of carbonyl (C=O) groups is 1. The lowest BCUT2D eigenvalue weighted by Gasteiger charge is -2.37. The van der Waals surface area contributed by atoms with Crippen molar-refractivity contribution >= 4 is 17.3 Å². The van der Waals surface area contributed by atoms with Crippen molar-refractivity contribution < 1.29 is 9.53 Å². The maximum absolute atomic E-state index is 13.1. The molecule has 0 saturated carbocycles. The minimum atomic E-state index is -0.0676.